The number of fused-ring (bicyclic) bond motifs is 1. The summed E-state index contributed by atoms with van der Waals surface area (Å²) in [6.07, 6.45) is 6.46. The number of H-pyrrole nitrogens is 1. The quantitative estimate of drug-likeness (QED) is 0.821. The maximum Gasteiger partial charge on any atom is 0.189 e. The van der Waals surface area contributed by atoms with E-state index in [0.717, 1.165) is 17.7 Å². The highest BCUT2D eigenvalue weighted by molar-refractivity contribution is 6.13. The summed E-state index contributed by atoms with van der Waals surface area (Å²) >= 11 is 0. The van der Waals surface area contributed by atoms with Crippen LogP contribution in [0.3, 0.4) is 0 Å². The summed E-state index contributed by atoms with van der Waals surface area (Å²) in [6.45, 7) is 0. The van der Waals surface area contributed by atoms with E-state index in [1.54, 1.807) is 24.7 Å². The molecule has 0 fully saturated rings. The summed E-state index contributed by atoms with van der Waals surface area (Å²) in [4.78, 5) is 19.3. The summed E-state index contributed by atoms with van der Waals surface area (Å²) in [5, 5.41) is 9.81. The Hall–Kier alpha value is -2.56. The normalized spacial score (nSPS) is 16.2. The number of ketones is 1. The van der Waals surface area contributed by atoms with Gasteiger partial charge in [-0.3, -0.25) is 4.79 Å². The molecule has 0 bridgehead atoms. The second-order valence-electron chi connectivity index (χ2n) is 4.69. The minimum atomic E-state index is -0.0567. The molecule has 1 aliphatic carbocycles. The van der Waals surface area contributed by atoms with E-state index in [1.807, 2.05) is 0 Å². The van der Waals surface area contributed by atoms with Crippen molar-refractivity contribution in [3.8, 4) is 11.5 Å². The SMILES string of the molecule is COc1cc2c(cc1O)C(=O)/C(=C/c1cnc[nH]1)CC2. The summed E-state index contributed by atoms with van der Waals surface area (Å²) in [5.41, 5.74) is 2.97. The van der Waals surface area contributed by atoms with Crippen molar-refractivity contribution in [2.24, 2.45) is 0 Å². The predicted molar refractivity (Wildman–Crippen MR) is 73.9 cm³/mol. The third-order valence-corrected chi connectivity index (χ3v) is 3.45. The number of carbonyl (C=O) groups is 1. The molecule has 0 aliphatic heterocycles. The van der Waals surface area contributed by atoms with Crippen molar-refractivity contribution in [1.29, 1.82) is 0 Å². The number of benzene rings is 1. The number of ether oxygens (including phenoxy) is 1. The number of nitrogens with zero attached hydrogens (tertiary/aromatic N) is 1. The first-order valence-corrected chi connectivity index (χ1v) is 6.32. The molecular formula is C15H14N2O3. The maximum absolute atomic E-state index is 12.4. The molecule has 5 heteroatoms. The van der Waals surface area contributed by atoms with Gasteiger partial charge in [0.25, 0.3) is 0 Å². The molecule has 1 aromatic heterocycles. The van der Waals surface area contributed by atoms with Crippen LogP contribution in [0.15, 0.2) is 30.2 Å². The van der Waals surface area contributed by atoms with Crippen molar-refractivity contribution in [2.45, 2.75) is 12.8 Å². The Balaban J connectivity index is 2.01. The fraction of sp³-hybridized carbons (Fsp3) is 0.200. The van der Waals surface area contributed by atoms with Crippen molar-refractivity contribution in [2.75, 3.05) is 7.11 Å². The average molecular weight is 270 g/mol. The van der Waals surface area contributed by atoms with Crippen LogP contribution >= 0.6 is 0 Å². The molecule has 0 radical (unpaired) electrons. The van der Waals surface area contributed by atoms with Gasteiger partial charge in [0.1, 0.15) is 0 Å². The highest BCUT2D eigenvalue weighted by Crippen LogP contribution is 2.35. The highest BCUT2D eigenvalue weighted by atomic mass is 16.5. The van der Waals surface area contributed by atoms with E-state index >= 15 is 0 Å². The lowest BCUT2D eigenvalue weighted by Crippen LogP contribution is -2.14. The second kappa shape index (κ2) is 4.85. The van der Waals surface area contributed by atoms with Gasteiger partial charge >= 0.3 is 0 Å². The fourth-order valence-electron chi connectivity index (χ4n) is 2.42. The number of phenols is 1. The highest BCUT2D eigenvalue weighted by Gasteiger charge is 2.24. The number of aromatic amines is 1. The standard InChI is InChI=1S/C15H14N2O3/c1-20-14-5-9-2-3-10(4-11-7-16-8-17-11)15(19)12(9)6-13(14)18/h4-8,18H,2-3H2,1H3,(H,16,17)/b10-4+. The number of hydrogen-bond donors (Lipinski definition) is 2. The molecule has 0 saturated heterocycles. The van der Waals surface area contributed by atoms with Crippen LogP contribution < -0.4 is 4.74 Å². The molecular weight excluding hydrogens is 256 g/mol. The van der Waals surface area contributed by atoms with Crippen LogP contribution in [0.1, 0.15) is 28.0 Å². The van der Waals surface area contributed by atoms with Gasteiger partial charge in [-0.15, -0.1) is 0 Å². The molecule has 20 heavy (non-hydrogen) atoms. The van der Waals surface area contributed by atoms with Crippen molar-refractivity contribution < 1.29 is 14.6 Å². The first-order valence-electron chi connectivity index (χ1n) is 6.32. The van der Waals surface area contributed by atoms with Gasteiger partial charge in [0.2, 0.25) is 0 Å². The number of rotatable bonds is 2. The molecule has 0 spiro atoms. The molecule has 1 heterocycles. The average Bonchev–Trinajstić information content (AvgIpc) is 2.95. The van der Waals surface area contributed by atoms with E-state index in [0.29, 0.717) is 23.3 Å². The number of aromatic nitrogens is 2. The number of aryl methyl sites for hydroxylation is 1. The van der Waals surface area contributed by atoms with Crippen LogP contribution in [-0.2, 0) is 6.42 Å². The molecule has 1 aromatic carbocycles. The number of imidazole rings is 1. The van der Waals surface area contributed by atoms with Crippen LogP contribution in [-0.4, -0.2) is 28.0 Å². The summed E-state index contributed by atoms with van der Waals surface area (Å²) in [7, 11) is 1.50. The monoisotopic (exact) mass is 270 g/mol. The fourth-order valence-corrected chi connectivity index (χ4v) is 2.42. The number of methoxy groups -OCH3 is 1. The molecule has 102 valence electrons. The summed E-state index contributed by atoms with van der Waals surface area (Å²) < 4.78 is 5.07. The van der Waals surface area contributed by atoms with Gasteiger partial charge in [-0.2, -0.15) is 0 Å². The van der Waals surface area contributed by atoms with Crippen LogP contribution in [0.25, 0.3) is 6.08 Å². The van der Waals surface area contributed by atoms with Gasteiger partial charge in [-0.25, -0.2) is 4.98 Å². The Morgan fingerprint density at radius 3 is 2.95 bits per heavy atom. The van der Waals surface area contributed by atoms with Crippen molar-refractivity contribution >= 4 is 11.9 Å². The molecule has 0 atom stereocenters. The van der Waals surface area contributed by atoms with Crippen LogP contribution in [0.5, 0.6) is 11.5 Å². The second-order valence-corrected chi connectivity index (χ2v) is 4.69. The third kappa shape index (κ3) is 2.07. The van der Waals surface area contributed by atoms with E-state index in [-0.39, 0.29) is 11.5 Å². The van der Waals surface area contributed by atoms with Crippen LogP contribution in [0, 0.1) is 0 Å². The lowest BCUT2D eigenvalue weighted by Gasteiger charge is -2.18. The lowest BCUT2D eigenvalue weighted by molar-refractivity contribution is 0.102. The van der Waals surface area contributed by atoms with E-state index in [2.05, 4.69) is 9.97 Å². The zero-order chi connectivity index (χ0) is 14.1. The topological polar surface area (TPSA) is 75.2 Å². The minimum absolute atomic E-state index is 0.0117. The lowest BCUT2D eigenvalue weighted by atomic mass is 9.86. The Bertz CT molecular complexity index is 687. The van der Waals surface area contributed by atoms with E-state index in [4.69, 9.17) is 4.74 Å². The molecule has 0 amide bonds. The Labute approximate surface area is 115 Å². The Kier molecular flexibility index (Phi) is 3.02. The molecule has 1 aliphatic rings. The maximum atomic E-state index is 12.4. The first-order chi connectivity index (χ1) is 9.69. The largest absolute Gasteiger partial charge is 0.504 e. The van der Waals surface area contributed by atoms with Crippen LogP contribution in [0.2, 0.25) is 0 Å². The van der Waals surface area contributed by atoms with Crippen molar-refractivity contribution in [3.63, 3.8) is 0 Å². The smallest absolute Gasteiger partial charge is 0.189 e. The van der Waals surface area contributed by atoms with Crippen molar-refractivity contribution in [3.05, 3.63) is 47.1 Å². The number of Topliss-reactive ketones (excluding diaryl/α,β-unsaturated/α-hetero) is 1. The Morgan fingerprint density at radius 1 is 1.40 bits per heavy atom. The number of aromatic hydroxyl groups is 1. The zero-order valence-corrected chi connectivity index (χ0v) is 11.0. The number of carbonyl (C=O) groups excluding carboxylic acids is 1. The van der Waals surface area contributed by atoms with Gasteiger partial charge < -0.3 is 14.8 Å². The number of nitrogens with one attached hydrogen (secondary N) is 1. The summed E-state index contributed by atoms with van der Waals surface area (Å²) in [6, 6.07) is 3.21. The van der Waals surface area contributed by atoms with Gasteiger partial charge in [-0.05, 0) is 36.6 Å². The number of allylic oxidation sites excluding steroid dienone is 1. The molecule has 2 N–H and O–H groups in total. The third-order valence-electron chi connectivity index (χ3n) is 3.45. The van der Waals surface area contributed by atoms with Gasteiger partial charge in [0, 0.05) is 11.1 Å². The van der Waals surface area contributed by atoms with Crippen molar-refractivity contribution in [1.82, 2.24) is 9.97 Å². The minimum Gasteiger partial charge on any atom is -0.504 e. The molecule has 3 rings (SSSR count). The van der Waals surface area contributed by atoms with E-state index < -0.39 is 0 Å². The zero-order valence-electron chi connectivity index (χ0n) is 11.0. The Morgan fingerprint density at radius 2 is 2.25 bits per heavy atom. The van der Waals surface area contributed by atoms with Crippen LogP contribution in [0.4, 0.5) is 0 Å². The van der Waals surface area contributed by atoms with Gasteiger partial charge in [0.05, 0.1) is 25.3 Å². The summed E-state index contributed by atoms with van der Waals surface area (Å²) in [5.74, 6) is 0.332. The molecule has 2 aromatic rings. The molecule has 0 unspecified atom stereocenters. The first kappa shape index (κ1) is 12.5. The predicted octanol–water partition coefficient (Wildman–Crippen LogP) is 2.34. The molecule has 5 nitrogen and oxygen atoms in total. The molecule has 0 saturated carbocycles. The number of hydrogen-bond acceptors (Lipinski definition) is 4. The van der Waals surface area contributed by atoms with Gasteiger partial charge in [-0.1, -0.05) is 0 Å². The number of phenolic OH excluding ortho intramolecular Hbond substituents is 1. The van der Waals surface area contributed by atoms with E-state index in [1.165, 1.54) is 13.2 Å². The van der Waals surface area contributed by atoms with Gasteiger partial charge in [0.15, 0.2) is 17.3 Å². The van der Waals surface area contributed by atoms with E-state index in [9.17, 15) is 9.90 Å².